The van der Waals surface area contributed by atoms with Gasteiger partial charge in [-0.1, -0.05) is 17.7 Å². The molecule has 0 aliphatic rings. The number of hydrogen-bond donors (Lipinski definition) is 2. The van der Waals surface area contributed by atoms with Crippen molar-refractivity contribution in [2.45, 2.75) is 13.8 Å². The van der Waals surface area contributed by atoms with Crippen molar-refractivity contribution in [3.8, 4) is 0 Å². The molecule has 0 atom stereocenters. The number of benzene rings is 2. The van der Waals surface area contributed by atoms with Crippen molar-refractivity contribution >= 4 is 33.1 Å². The first-order valence-corrected chi connectivity index (χ1v) is 7.14. The van der Waals surface area contributed by atoms with Crippen molar-refractivity contribution in [3.05, 3.63) is 57.6 Å². The molecule has 0 radical (unpaired) electrons. The second-order valence-corrected chi connectivity index (χ2v) is 5.78. The minimum atomic E-state index is 0.0754. The van der Waals surface area contributed by atoms with E-state index in [9.17, 15) is 0 Å². The fourth-order valence-electron chi connectivity index (χ4n) is 2.26. The van der Waals surface area contributed by atoms with E-state index in [1.54, 1.807) is 0 Å². The SMILES string of the molecule is Cc1ccc(N(C)c2ccc(C(=N)N)cc2Br)c(C)c1. The Morgan fingerprint density at radius 3 is 2.30 bits per heavy atom. The van der Waals surface area contributed by atoms with Crippen LogP contribution in [0.4, 0.5) is 11.4 Å². The minimum Gasteiger partial charge on any atom is -0.384 e. The number of nitrogens with zero attached hydrogens (tertiary/aromatic N) is 1. The van der Waals surface area contributed by atoms with Gasteiger partial charge in [-0.15, -0.1) is 0 Å². The first-order chi connectivity index (χ1) is 9.40. The van der Waals surface area contributed by atoms with Crippen molar-refractivity contribution in [3.63, 3.8) is 0 Å². The zero-order valence-corrected chi connectivity index (χ0v) is 13.5. The Hall–Kier alpha value is -1.81. The monoisotopic (exact) mass is 331 g/mol. The predicted molar refractivity (Wildman–Crippen MR) is 89.1 cm³/mol. The lowest BCUT2D eigenvalue weighted by atomic mass is 10.1. The molecule has 20 heavy (non-hydrogen) atoms. The second-order valence-electron chi connectivity index (χ2n) is 4.93. The summed E-state index contributed by atoms with van der Waals surface area (Å²) in [6.45, 7) is 4.20. The quantitative estimate of drug-likeness (QED) is 0.656. The predicted octanol–water partition coefficient (Wildman–Crippen LogP) is 4.12. The number of amidine groups is 1. The standard InChI is InChI=1S/C16H18BrN3/c1-10-4-6-14(11(2)8-10)20(3)15-7-5-12(16(18)19)9-13(15)17/h4-9H,1-3H3,(H3,18,19). The third-order valence-corrected chi connectivity index (χ3v) is 3.97. The lowest BCUT2D eigenvalue weighted by Gasteiger charge is -2.23. The van der Waals surface area contributed by atoms with E-state index in [1.165, 1.54) is 11.1 Å². The summed E-state index contributed by atoms with van der Waals surface area (Å²) in [6.07, 6.45) is 0. The van der Waals surface area contributed by atoms with Crippen molar-refractivity contribution in [1.29, 1.82) is 5.41 Å². The molecule has 3 nitrogen and oxygen atoms in total. The molecule has 0 amide bonds. The molecule has 0 fully saturated rings. The van der Waals surface area contributed by atoms with Gasteiger partial charge in [-0.3, -0.25) is 5.41 Å². The Labute approximate surface area is 128 Å². The fraction of sp³-hybridized carbons (Fsp3) is 0.188. The highest BCUT2D eigenvalue weighted by Crippen LogP contribution is 2.33. The molecule has 0 saturated carbocycles. The lowest BCUT2D eigenvalue weighted by molar-refractivity contribution is 1.17. The molecule has 0 spiro atoms. The molecule has 0 heterocycles. The van der Waals surface area contributed by atoms with Gasteiger partial charge in [-0.05, 0) is 59.6 Å². The molecule has 104 valence electrons. The maximum Gasteiger partial charge on any atom is 0.122 e. The maximum atomic E-state index is 7.47. The maximum absolute atomic E-state index is 7.47. The smallest absolute Gasteiger partial charge is 0.122 e. The average molecular weight is 332 g/mol. The summed E-state index contributed by atoms with van der Waals surface area (Å²) < 4.78 is 0.924. The third kappa shape index (κ3) is 2.85. The third-order valence-electron chi connectivity index (χ3n) is 3.33. The molecule has 2 aromatic carbocycles. The van der Waals surface area contributed by atoms with Crippen molar-refractivity contribution in [2.24, 2.45) is 5.73 Å². The molecule has 0 bridgehead atoms. The van der Waals surface area contributed by atoms with E-state index < -0.39 is 0 Å². The largest absolute Gasteiger partial charge is 0.384 e. The summed E-state index contributed by atoms with van der Waals surface area (Å²) in [5.74, 6) is 0.0754. The Kier molecular flexibility index (Phi) is 4.14. The highest BCUT2D eigenvalue weighted by Gasteiger charge is 2.11. The average Bonchev–Trinajstić information content (AvgIpc) is 2.37. The van der Waals surface area contributed by atoms with Crippen LogP contribution >= 0.6 is 15.9 Å². The summed E-state index contributed by atoms with van der Waals surface area (Å²) in [4.78, 5) is 2.13. The van der Waals surface area contributed by atoms with Crippen LogP contribution in [-0.4, -0.2) is 12.9 Å². The summed E-state index contributed by atoms with van der Waals surface area (Å²) in [6, 6.07) is 12.1. The van der Waals surface area contributed by atoms with E-state index in [4.69, 9.17) is 11.1 Å². The topological polar surface area (TPSA) is 53.1 Å². The molecule has 0 unspecified atom stereocenters. The number of rotatable bonds is 3. The number of anilines is 2. The Balaban J connectivity index is 2.43. The van der Waals surface area contributed by atoms with Gasteiger partial charge in [0.2, 0.25) is 0 Å². The molecule has 0 aliphatic carbocycles. The zero-order chi connectivity index (χ0) is 14.9. The van der Waals surface area contributed by atoms with Crippen LogP contribution in [0.3, 0.4) is 0 Å². The number of nitrogen functional groups attached to an aromatic ring is 1. The molecule has 3 N–H and O–H groups in total. The van der Waals surface area contributed by atoms with Gasteiger partial charge in [-0.25, -0.2) is 0 Å². The van der Waals surface area contributed by atoms with Crippen LogP contribution in [0.15, 0.2) is 40.9 Å². The molecule has 0 aromatic heterocycles. The van der Waals surface area contributed by atoms with Gasteiger partial charge in [0.25, 0.3) is 0 Å². The van der Waals surface area contributed by atoms with Gasteiger partial charge < -0.3 is 10.6 Å². The normalized spacial score (nSPS) is 10.4. The number of nitrogens with one attached hydrogen (secondary N) is 1. The van der Waals surface area contributed by atoms with Crippen LogP contribution in [-0.2, 0) is 0 Å². The van der Waals surface area contributed by atoms with Crippen molar-refractivity contribution < 1.29 is 0 Å². The molecule has 4 heteroatoms. The number of aryl methyl sites for hydroxylation is 2. The van der Waals surface area contributed by atoms with Crippen LogP contribution < -0.4 is 10.6 Å². The van der Waals surface area contributed by atoms with E-state index in [0.29, 0.717) is 0 Å². The number of nitrogens with two attached hydrogens (primary N) is 1. The summed E-state index contributed by atoms with van der Waals surface area (Å²) in [7, 11) is 2.03. The van der Waals surface area contributed by atoms with Gasteiger partial charge in [0, 0.05) is 22.8 Å². The highest BCUT2D eigenvalue weighted by atomic mass is 79.9. The summed E-state index contributed by atoms with van der Waals surface area (Å²) >= 11 is 3.56. The van der Waals surface area contributed by atoms with Gasteiger partial charge >= 0.3 is 0 Å². The lowest BCUT2D eigenvalue weighted by Crippen LogP contribution is -2.14. The van der Waals surface area contributed by atoms with Crippen LogP contribution in [0.2, 0.25) is 0 Å². The molecule has 2 rings (SSSR count). The molecule has 2 aromatic rings. The van der Waals surface area contributed by atoms with Crippen molar-refractivity contribution in [2.75, 3.05) is 11.9 Å². The van der Waals surface area contributed by atoms with Crippen LogP contribution in [0.5, 0.6) is 0 Å². The van der Waals surface area contributed by atoms with E-state index in [1.807, 2.05) is 25.2 Å². The van der Waals surface area contributed by atoms with E-state index >= 15 is 0 Å². The molecular weight excluding hydrogens is 314 g/mol. The second kappa shape index (κ2) is 5.67. The molecular formula is C16H18BrN3. The number of hydrogen-bond acceptors (Lipinski definition) is 2. The van der Waals surface area contributed by atoms with Gasteiger partial charge in [0.05, 0.1) is 5.69 Å². The Morgan fingerprint density at radius 2 is 1.75 bits per heavy atom. The van der Waals surface area contributed by atoms with Crippen LogP contribution in [0, 0.1) is 19.3 Å². The number of halogens is 1. The Bertz CT molecular complexity index is 665. The van der Waals surface area contributed by atoms with Crippen molar-refractivity contribution in [1.82, 2.24) is 0 Å². The first kappa shape index (κ1) is 14.6. The van der Waals surface area contributed by atoms with E-state index in [0.717, 1.165) is 21.4 Å². The summed E-state index contributed by atoms with van der Waals surface area (Å²) in [5, 5.41) is 7.47. The minimum absolute atomic E-state index is 0.0754. The fourth-order valence-corrected chi connectivity index (χ4v) is 2.90. The summed E-state index contributed by atoms with van der Waals surface area (Å²) in [5.41, 5.74) is 10.9. The first-order valence-electron chi connectivity index (χ1n) is 6.35. The van der Waals surface area contributed by atoms with E-state index in [-0.39, 0.29) is 5.84 Å². The zero-order valence-electron chi connectivity index (χ0n) is 11.9. The van der Waals surface area contributed by atoms with Gasteiger partial charge in [0.15, 0.2) is 0 Å². The van der Waals surface area contributed by atoms with Gasteiger partial charge in [-0.2, -0.15) is 0 Å². The Morgan fingerprint density at radius 1 is 1.10 bits per heavy atom. The highest BCUT2D eigenvalue weighted by molar-refractivity contribution is 9.10. The molecule has 0 aliphatic heterocycles. The van der Waals surface area contributed by atoms with Gasteiger partial charge in [0.1, 0.15) is 5.84 Å². The van der Waals surface area contributed by atoms with Crippen LogP contribution in [0.1, 0.15) is 16.7 Å². The van der Waals surface area contributed by atoms with Crippen LogP contribution in [0.25, 0.3) is 0 Å². The van der Waals surface area contributed by atoms with E-state index in [2.05, 4.69) is 52.9 Å². The molecule has 0 saturated heterocycles.